The van der Waals surface area contributed by atoms with Crippen molar-refractivity contribution in [1.29, 1.82) is 0 Å². The molecule has 0 aliphatic carbocycles. The lowest BCUT2D eigenvalue weighted by Crippen LogP contribution is -2.59. The molecule has 0 aromatic heterocycles. The van der Waals surface area contributed by atoms with Crippen molar-refractivity contribution in [2.45, 2.75) is 70.1 Å². The van der Waals surface area contributed by atoms with Crippen LogP contribution in [0.2, 0.25) is 0 Å². The number of rotatable bonds is 9. The number of ether oxygens (including phenoxy) is 3. The number of carbonyl (C=O) groups excluding carboxylic acids is 3. The summed E-state index contributed by atoms with van der Waals surface area (Å²) in [5.41, 5.74) is 1.81. The minimum atomic E-state index is -1.65. The van der Waals surface area contributed by atoms with Crippen LogP contribution in [-0.4, -0.2) is 77.8 Å². The third-order valence-corrected chi connectivity index (χ3v) is 7.19. The zero-order valence-electron chi connectivity index (χ0n) is 22.6. The molecule has 2 saturated heterocycles. The first kappa shape index (κ1) is 28.5. The summed E-state index contributed by atoms with van der Waals surface area (Å²) < 4.78 is 16.5. The number of hydrogen-bond acceptors (Lipinski definition) is 7. The number of alkyl carbamates (subject to hydrolysis) is 1. The fraction of sp³-hybridized carbons (Fsp3) is 0.483. The van der Waals surface area contributed by atoms with Crippen molar-refractivity contribution in [3.63, 3.8) is 0 Å². The molecule has 210 valence electrons. The molecule has 10 nitrogen and oxygen atoms in total. The number of aryl methyl sites for hydroxylation is 1. The van der Waals surface area contributed by atoms with Crippen LogP contribution in [0.4, 0.5) is 4.79 Å². The molecule has 2 fully saturated rings. The topological polar surface area (TPSA) is 126 Å². The lowest BCUT2D eigenvalue weighted by Gasteiger charge is -2.32. The first-order chi connectivity index (χ1) is 18.7. The first-order valence-electron chi connectivity index (χ1n) is 13.2. The van der Waals surface area contributed by atoms with Crippen LogP contribution in [0.1, 0.15) is 37.0 Å². The molecule has 0 bridgehead atoms. The van der Waals surface area contributed by atoms with E-state index < -0.39 is 41.7 Å². The maximum absolute atomic E-state index is 13.6. The predicted molar refractivity (Wildman–Crippen MR) is 142 cm³/mol. The number of aliphatic hydroxyl groups is 1. The molecule has 3 amide bonds. The van der Waals surface area contributed by atoms with Gasteiger partial charge in [-0.3, -0.25) is 9.59 Å². The molecule has 10 heteroatoms. The molecular weight excluding hydrogens is 502 g/mol. The molecule has 0 saturated carbocycles. The molecule has 2 aliphatic heterocycles. The summed E-state index contributed by atoms with van der Waals surface area (Å²) in [6.45, 7) is 6.34. The van der Waals surface area contributed by atoms with Crippen LogP contribution in [-0.2, 0) is 36.8 Å². The fourth-order valence-corrected chi connectivity index (χ4v) is 4.89. The lowest BCUT2D eigenvalue weighted by atomic mass is 9.95. The normalized spacial score (nSPS) is 21.7. The Morgan fingerprint density at radius 2 is 1.85 bits per heavy atom. The van der Waals surface area contributed by atoms with E-state index in [1.165, 1.54) is 4.90 Å². The van der Waals surface area contributed by atoms with E-state index in [-0.39, 0.29) is 25.8 Å². The highest BCUT2D eigenvalue weighted by Crippen LogP contribution is 2.29. The van der Waals surface area contributed by atoms with Crippen LogP contribution in [0.3, 0.4) is 0 Å². The first-order valence-corrected chi connectivity index (χ1v) is 13.2. The third kappa shape index (κ3) is 7.14. The van der Waals surface area contributed by atoms with E-state index in [9.17, 15) is 19.5 Å². The maximum Gasteiger partial charge on any atom is 0.407 e. The molecule has 4 rings (SSSR count). The molecule has 2 heterocycles. The van der Waals surface area contributed by atoms with E-state index in [1.807, 2.05) is 61.5 Å². The standard InChI is InChI=1S/C29H37N3O7/c1-19-9-7-8-12-21(19)16-30-26(34)25-29(2,3)38-18-32(25)27(35)24(33)23(15-20-10-5-4-6-11-20)31-28(36)39-22-13-14-37-17-22/h4-12,22-25,33H,13-18H2,1-3H3,(H,30,34)(H,31,36). The number of nitrogens with one attached hydrogen (secondary N) is 2. The number of nitrogens with zero attached hydrogens (tertiary/aromatic N) is 1. The quantitative estimate of drug-likeness (QED) is 0.445. The summed E-state index contributed by atoms with van der Waals surface area (Å²) >= 11 is 0. The van der Waals surface area contributed by atoms with Crippen LogP contribution in [0, 0.1) is 6.92 Å². The van der Waals surface area contributed by atoms with E-state index in [1.54, 1.807) is 13.8 Å². The number of hydrogen-bond donors (Lipinski definition) is 3. The van der Waals surface area contributed by atoms with Crippen LogP contribution >= 0.6 is 0 Å². The largest absolute Gasteiger partial charge is 0.444 e. The SMILES string of the molecule is Cc1ccccc1CNC(=O)C1N(C(=O)C(O)C(Cc2ccccc2)NC(=O)OC2CCOC2)COC1(C)C. The molecule has 0 spiro atoms. The van der Waals surface area contributed by atoms with Gasteiger partial charge in [-0.25, -0.2) is 4.79 Å². The van der Waals surface area contributed by atoms with Gasteiger partial charge in [0.15, 0.2) is 6.10 Å². The summed E-state index contributed by atoms with van der Waals surface area (Å²) in [5.74, 6) is -1.11. The zero-order chi connectivity index (χ0) is 28.0. The van der Waals surface area contributed by atoms with E-state index in [2.05, 4.69) is 10.6 Å². The minimum absolute atomic E-state index is 0.173. The lowest BCUT2D eigenvalue weighted by molar-refractivity contribution is -0.147. The van der Waals surface area contributed by atoms with Crippen molar-refractivity contribution in [3.8, 4) is 0 Å². The zero-order valence-corrected chi connectivity index (χ0v) is 22.6. The summed E-state index contributed by atoms with van der Waals surface area (Å²) in [7, 11) is 0. The van der Waals surface area contributed by atoms with E-state index in [0.717, 1.165) is 16.7 Å². The van der Waals surface area contributed by atoms with Gasteiger partial charge in [-0.15, -0.1) is 0 Å². The highest BCUT2D eigenvalue weighted by Gasteiger charge is 2.50. The van der Waals surface area contributed by atoms with Gasteiger partial charge < -0.3 is 34.9 Å². The monoisotopic (exact) mass is 539 g/mol. The van der Waals surface area contributed by atoms with Crippen molar-refractivity contribution in [3.05, 3.63) is 71.3 Å². The smallest absolute Gasteiger partial charge is 0.407 e. The number of aliphatic hydroxyl groups excluding tert-OH is 1. The van der Waals surface area contributed by atoms with Crippen molar-refractivity contribution in [1.82, 2.24) is 15.5 Å². The summed E-state index contributed by atoms with van der Waals surface area (Å²) in [6.07, 6.45) is -2.03. The van der Waals surface area contributed by atoms with Gasteiger partial charge in [0, 0.05) is 13.0 Å². The predicted octanol–water partition coefficient (Wildman–Crippen LogP) is 2.06. The average Bonchev–Trinajstić information content (AvgIpc) is 3.54. The van der Waals surface area contributed by atoms with Crippen LogP contribution in [0.25, 0.3) is 0 Å². The van der Waals surface area contributed by atoms with Crippen molar-refractivity contribution in [2.75, 3.05) is 19.9 Å². The second kappa shape index (κ2) is 12.6. The van der Waals surface area contributed by atoms with E-state index in [0.29, 0.717) is 19.6 Å². The van der Waals surface area contributed by atoms with Gasteiger partial charge in [0.2, 0.25) is 5.91 Å². The summed E-state index contributed by atoms with van der Waals surface area (Å²) in [6, 6.07) is 14.9. The summed E-state index contributed by atoms with van der Waals surface area (Å²) in [4.78, 5) is 40.9. The van der Waals surface area contributed by atoms with Crippen LogP contribution in [0.5, 0.6) is 0 Å². The Kier molecular flexibility index (Phi) is 9.21. The Bertz CT molecular complexity index is 1150. The molecule has 4 unspecified atom stereocenters. The highest BCUT2D eigenvalue weighted by molar-refractivity contribution is 5.91. The Morgan fingerprint density at radius 3 is 2.54 bits per heavy atom. The van der Waals surface area contributed by atoms with Gasteiger partial charge in [-0.2, -0.15) is 0 Å². The molecule has 2 aromatic rings. The highest BCUT2D eigenvalue weighted by atomic mass is 16.6. The Labute approximate surface area is 228 Å². The molecule has 2 aliphatic rings. The van der Waals surface area contributed by atoms with Crippen molar-refractivity contribution in [2.24, 2.45) is 0 Å². The minimum Gasteiger partial charge on any atom is -0.444 e. The molecular formula is C29H37N3O7. The van der Waals surface area contributed by atoms with Gasteiger partial charge >= 0.3 is 6.09 Å². The summed E-state index contributed by atoms with van der Waals surface area (Å²) in [5, 5.41) is 16.8. The fourth-order valence-electron chi connectivity index (χ4n) is 4.89. The van der Waals surface area contributed by atoms with Crippen molar-refractivity contribution >= 4 is 17.9 Å². The van der Waals surface area contributed by atoms with E-state index in [4.69, 9.17) is 14.2 Å². The van der Waals surface area contributed by atoms with E-state index >= 15 is 0 Å². The van der Waals surface area contributed by atoms with Gasteiger partial charge in [0.05, 0.1) is 24.9 Å². The Balaban J connectivity index is 1.48. The second-order valence-corrected chi connectivity index (χ2v) is 10.5. The molecule has 39 heavy (non-hydrogen) atoms. The average molecular weight is 540 g/mol. The molecule has 2 aromatic carbocycles. The molecule has 0 radical (unpaired) electrons. The number of amides is 3. The van der Waals surface area contributed by atoms with Crippen molar-refractivity contribution < 1.29 is 33.7 Å². The number of benzene rings is 2. The van der Waals surface area contributed by atoms with Gasteiger partial charge in [-0.1, -0.05) is 54.6 Å². The molecule has 3 N–H and O–H groups in total. The van der Waals surface area contributed by atoms with Crippen LogP contribution < -0.4 is 10.6 Å². The van der Waals surface area contributed by atoms with Gasteiger partial charge in [0.1, 0.15) is 18.9 Å². The maximum atomic E-state index is 13.6. The Hall–Kier alpha value is -3.47. The Morgan fingerprint density at radius 1 is 1.13 bits per heavy atom. The second-order valence-electron chi connectivity index (χ2n) is 10.5. The van der Waals surface area contributed by atoms with Gasteiger partial charge in [0.25, 0.3) is 5.91 Å². The third-order valence-electron chi connectivity index (χ3n) is 7.19. The van der Waals surface area contributed by atoms with Gasteiger partial charge in [-0.05, 0) is 43.9 Å². The molecule has 4 atom stereocenters. The van der Waals surface area contributed by atoms with Crippen LogP contribution in [0.15, 0.2) is 54.6 Å². The number of carbonyl (C=O) groups is 3.